The van der Waals surface area contributed by atoms with Gasteiger partial charge in [0.25, 0.3) is 10.0 Å². The number of pyridine rings is 2. The molecule has 0 fully saturated rings. The topological polar surface area (TPSA) is 124 Å². The normalized spacial score (nSPS) is 11.6. The van der Waals surface area contributed by atoms with Gasteiger partial charge in [-0.05, 0) is 37.3 Å². The van der Waals surface area contributed by atoms with Crippen molar-refractivity contribution in [3.05, 3.63) is 96.4 Å². The van der Waals surface area contributed by atoms with E-state index in [-0.39, 0.29) is 17.4 Å². The van der Waals surface area contributed by atoms with Gasteiger partial charge in [0.2, 0.25) is 5.03 Å². The maximum atomic E-state index is 13.2. The monoisotopic (exact) mass is 482 g/mol. The molecule has 0 unspecified atom stereocenters. The molecule has 0 saturated heterocycles. The molecule has 2 aromatic carbocycles. The number of hydrogen-bond acceptors (Lipinski definition) is 7. The third-order valence-electron chi connectivity index (χ3n) is 5.46. The number of aromatic nitrogens is 4. The van der Waals surface area contributed by atoms with E-state index in [4.69, 9.17) is 5.73 Å². The van der Waals surface area contributed by atoms with Gasteiger partial charge in [-0.15, -0.1) is 0 Å². The van der Waals surface area contributed by atoms with Gasteiger partial charge in [-0.2, -0.15) is 0 Å². The zero-order valence-corrected chi connectivity index (χ0v) is 19.7. The molecular weight excluding hydrogens is 460 g/mol. The third-order valence-corrected chi connectivity index (χ3v) is 6.79. The second kappa shape index (κ2) is 9.21. The van der Waals surface area contributed by atoms with Crippen LogP contribution < -0.4 is 10.5 Å². The number of fused-ring (bicyclic) bond motifs is 1. The fraction of sp³-hybridized carbons (Fsp3) is 0.0769. The van der Waals surface area contributed by atoms with Crippen molar-refractivity contribution in [2.24, 2.45) is 0 Å². The molecular formula is C26H22N6O2S. The first-order valence-electron chi connectivity index (χ1n) is 10.9. The first kappa shape index (κ1) is 22.6. The van der Waals surface area contributed by atoms with Crippen LogP contribution in [0.15, 0.2) is 90.1 Å². The van der Waals surface area contributed by atoms with Gasteiger partial charge in [-0.1, -0.05) is 48.5 Å². The minimum absolute atomic E-state index is 0.00253. The number of aryl methyl sites for hydroxylation is 1. The van der Waals surface area contributed by atoms with E-state index in [0.29, 0.717) is 22.6 Å². The van der Waals surface area contributed by atoms with Gasteiger partial charge >= 0.3 is 0 Å². The fourth-order valence-electron chi connectivity index (χ4n) is 3.79. The summed E-state index contributed by atoms with van der Waals surface area (Å²) in [5.41, 5.74) is 10.7. The highest BCUT2D eigenvalue weighted by Crippen LogP contribution is 2.33. The van der Waals surface area contributed by atoms with Crippen LogP contribution in [0.5, 0.6) is 0 Å². The van der Waals surface area contributed by atoms with Crippen LogP contribution in [0.25, 0.3) is 33.4 Å². The maximum absolute atomic E-state index is 13.2. The van der Waals surface area contributed by atoms with Crippen LogP contribution in [0.2, 0.25) is 0 Å². The van der Waals surface area contributed by atoms with Gasteiger partial charge in [0.15, 0.2) is 5.82 Å². The van der Waals surface area contributed by atoms with E-state index >= 15 is 0 Å². The first-order chi connectivity index (χ1) is 16.9. The Bertz CT molecular complexity index is 1640. The van der Waals surface area contributed by atoms with Crippen molar-refractivity contribution in [2.75, 3.05) is 5.73 Å². The molecule has 3 heterocycles. The molecule has 0 spiro atoms. The van der Waals surface area contributed by atoms with Crippen LogP contribution in [0.4, 0.5) is 5.82 Å². The Balaban J connectivity index is 1.62. The van der Waals surface area contributed by atoms with Gasteiger partial charge < -0.3 is 5.73 Å². The smallest absolute Gasteiger partial charge is 0.262 e. The standard InChI is InChI=1S/C26H22N6O2S/c1-17-7-5-11-21(30-17)16-29-35(33,34)26-25(27)31-23(18-8-3-2-4-9-18)24(32-26)20-12-13-22-19(15-20)10-6-14-28-22/h2-15,29H,16H2,1H3,(H2,27,31). The van der Waals surface area contributed by atoms with Crippen molar-refractivity contribution < 1.29 is 8.42 Å². The van der Waals surface area contributed by atoms with Crippen LogP contribution in [0.3, 0.4) is 0 Å². The predicted molar refractivity (Wildman–Crippen MR) is 136 cm³/mol. The third kappa shape index (κ3) is 4.72. The summed E-state index contributed by atoms with van der Waals surface area (Å²) in [5, 5.41) is 0.571. The van der Waals surface area contributed by atoms with Crippen molar-refractivity contribution in [1.82, 2.24) is 24.7 Å². The van der Waals surface area contributed by atoms with E-state index < -0.39 is 10.0 Å². The number of nitrogen functional groups attached to an aromatic ring is 1. The van der Waals surface area contributed by atoms with Gasteiger partial charge in [0.1, 0.15) is 0 Å². The lowest BCUT2D eigenvalue weighted by atomic mass is 10.0. The highest BCUT2D eigenvalue weighted by atomic mass is 32.2. The van der Waals surface area contributed by atoms with Gasteiger partial charge in [0.05, 0.1) is 29.1 Å². The number of nitrogens with zero attached hydrogens (tertiary/aromatic N) is 4. The minimum atomic E-state index is -4.07. The van der Waals surface area contributed by atoms with E-state index in [1.54, 1.807) is 12.3 Å². The van der Waals surface area contributed by atoms with E-state index in [1.807, 2.05) is 79.7 Å². The highest BCUT2D eigenvalue weighted by molar-refractivity contribution is 7.89. The molecule has 0 aliphatic rings. The zero-order valence-electron chi connectivity index (χ0n) is 18.9. The summed E-state index contributed by atoms with van der Waals surface area (Å²) in [6.07, 6.45) is 1.72. The summed E-state index contributed by atoms with van der Waals surface area (Å²) >= 11 is 0. The van der Waals surface area contributed by atoms with Crippen LogP contribution in [-0.4, -0.2) is 28.4 Å². The maximum Gasteiger partial charge on any atom is 0.262 e. The van der Waals surface area contributed by atoms with Crippen LogP contribution in [0, 0.1) is 6.92 Å². The van der Waals surface area contributed by atoms with Crippen molar-refractivity contribution >= 4 is 26.7 Å². The molecule has 174 valence electrons. The molecule has 0 aliphatic carbocycles. The quantitative estimate of drug-likeness (QED) is 0.373. The molecule has 0 saturated carbocycles. The second-order valence-corrected chi connectivity index (χ2v) is 9.67. The Morgan fingerprint density at radius 1 is 0.829 bits per heavy atom. The first-order valence-corrected chi connectivity index (χ1v) is 12.4. The van der Waals surface area contributed by atoms with E-state index in [9.17, 15) is 8.42 Å². The largest absolute Gasteiger partial charge is 0.381 e. The molecule has 0 aliphatic heterocycles. The molecule has 3 N–H and O–H groups in total. The highest BCUT2D eigenvalue weighted by Gasteiger charge is 2.25. The lowest BCUT2D eigenvalue weighted by molar-refractivity contribution is 0.576. The predicted octanol–water partition coefficient (Wildman–Crippen LogP) is 4.12. The lowest BCUT2D eigenvalue weighted by Gasteiger charge is -2.14. The molecule has 3 aromatic heterocycles. The van der Waals surface area contributed by atoms with Crippen molar-refractivity contribution in [1.29, 1.82) is 0 Å². The SMILES string of the molecule is Cc1cccc(CNS(=O)(=O)c2nc(-c3ccc4ncccc4c3)c(-c3ccccc3)nc2N)n1. The molecule has 8 nitrogen and oxygen atoms in total. The fourth-order valence-corrected chi connectivity index (χ4v) is 4.79. The Morgan fingerprint density at radius 2 is 1.63 bits per heavy atom. The molecule has 35 heavy (non-hydrogen) atoms. The summed E-state index contributed by atoms with van der Waals surface area (Å²) in [6, 6.07) is 24.2. The molecule has 5 rings (SSSR count). The Hall–Kier alpha value is -4.21. The lowest BCUT2D eigenvalue weighted by Crippen LogP contribution is -2.26. The number of nitrogens with two attached hydrogens (primary N) is 1. The Morgan fingerprint density at radius 3 is 2.43 bits per heavy atom. The number of benzene rings is 2. The van der Waals surface area contributed by atoms with Crippen LogP contribution in [0.1, 0.15) is 11.4 Å². The molecule has 0 radical (unpaired) electrons. The summed E-state index contributed by atoms with van der Waals surface area (Å²) in [7, 11) is -4.07. The van der Waals surface area contributed by atoms with Gasteiger partial charge in [0, 0.05) is 28.4 Å². The van der Waals surface area contributed by atoms with Crippen LogP contribution >= 0.6 is 0 Å². The number of nitrogens with one attached hydrogen (secondary N) is 1. The molecule has 0 bridgehead atoms. The number of rotatable bonds is 6. The molecule has 0 amide bonds. The summed E-state index contributed by atoms with van der Waals surface area (Å²) in [4.78, 5) is 17.7. The summed E-state index contributed by atoms with van der Waals surface area (Å²) < 4.78 is 29.0. The minimum Gasteiger partial charge on any atom is -0.381 e. The Labute approximate surface area is 203 Å². The average Bonchev–Trinajstić information content (AvgIpc) is 2.87. The van der Waals surface area contributed by atoms with E-state index in [0.717, 1.165) is 22.2 Å². The molecule has 5 aromatic rings. The zero-order chi connectivity index (χ0) is 24.4. The van der Waals surface area contributed by atoms with E-state index in [1.165, 1.54) is 0 Å². The molecule has 0 atom stereocenters. The van der Waals surface area contributed by atoms with Crippen molar-refractivity contribution in [3.8, 4) is 22.5 Å². The van der Waals surface area contributed by atoms with E-state index in [2.05, 4.69) is 24.7 Å². The Kier molecular flexibility index (Phi) is 5.94. The number of hydrogen-bond donors (Lipinski definition) is 2. The van der Waals surface area contributed by atoms with Gasteiger partial charge in [-0.3, -0.25) is 9.97 Å². The summed E-state index contributed by atoms with van der Waals surface area (Å²) in [6.45, 7) is 1.84. The van der Waals surface area contributed by atoms with Crippen molar-refractivity contribution in [3.63, 3.8) is 0 Å². The van der Waals surface area contributed by atoms with Crippen molar-refractivity contribution in [2.45, 2.75) is 18.5 Å². The number of anilines is 1. The molecule has 9 heteroatoms. The second-order valence-electron chi connectivity index (χ2n) is 7.98. The van der Waals surface area contributed by atoms with Crippen LogP contribution in [-0.2, 0) is 16.6 Å². The number of sulfonamides is 1. The summed E-state index contributed by atoms with van der Waals surface area (Å²) in [5.74, 6) is -0.181. The van der Waals surface area contributed by atoms with Gasteiger partial charge in [-0.25, -0.2) is 23.1 Å². The average molecular weight is 483 g/mol.